The Kier molecular flexibility index (Phi) is 4.65. The van der Waals surface area contributed by atoms with Crippen LogP contribution in [0.1, 0.15) is 26.2 Å². The van der Waals surface area contributed by atoms with Crippen molar-refractivity contribution in [1.29, 1.82) is 0 Å². The second kappa shape index (κ2) is 6.27. The van der Waals surface area contributed by atoms with Gasteiger partial charge in [0.15, 0.2) is 0 Å². The van der Waals surface area contributed by atoms with E-state index in [1.165, 1.54) is 0 Å². The van der Waals surface area contributed by atoms with Crippen molar-refractivity contribution < 1.29 is 9.90 Å². The molecule has 0 heterocycles. The Hall–Kier alpha value is -1.55. The number of likely N-dealkylation sites (N-methyl/N-ethyl adjacent to an activating group) is 1. The van der Waals surface area contributed by atoms with Crippen LogP contribution in [0.2, 0.25) is 0 Å². The van der Waals surface area contributed by atoms with E-state index in [2.05, 4.69) is 12.2 Å². The van der Waals surface area contributed by atoms with E-state index in [-0.39, 0.29) is 5.92 Å². The van der Waals surface area contributed by atoms with Gasteiger partial charge in [-0.15, -0.1) is 0 Å². The van der Waals surface area contributed by atoms with Gasteiger partial charge >= 0.3 is 5.97 Å². The minimum atomic E-state index is -0.819. The van der Waals surface area contributed by atoms with Crippen LogP contribution < -0.4 is 10.2 Å². The Balaban J connectivity index is 2.16. The van der Waals surface area contributed by atoms with Crippen LogP contribution in [-0.2, 0) is 4.79 Å². The van der Waals surface area contributed by atoms with E-state index in [1.54, 1.807) is 0 Å². The Morgan fingerprint density at radius 1 is 1.40 bits per heavy atom. The lowest BCUT2D eigenvalue weighted by atomic mass is 9.92. The third kappa shape index (κ3) is 3.12. The van der Waals surface area contributed by atoms with E-state index in [0.29, 0.717) is 6.54 Å². The molecule has 110 valence electrons. The van der Waals surface area contributed by atoms with E-state index in [4.69, 9.17) is 0 Å². The second-order valence-electron chi connectivity index (χ2n) is 5.67. The Morgan fingerprint density at radius 3 is 2.55 bits per heavy atom. The van der Waals surface area contributed by atoms with Gasteiger partial charge in [-0.2, -0.15) is 0 Å². The molecule has 1 saturated carbocycles. The monoisotopic (exact) mass is 276 g/mol. The molecule has 1 aliphatic rings. The van der Waals surface area contributed by atoms with Crippen LogP contribution in [0, 0.1) is 5.92 Å². The molecule has 1 fully saturated rings. The molecule has 20 heavy (non-hydrogen) atoms. The van der Waals surface area contributed by atoms with Crippen molar-refractivity contribution in [2.24, 2.45) is 5.92 Å². The van der Waals surface area contributed by atoms with Gasteiger partial charge in [-0.25, -0.2) is 0 Å². The fourth-order valence-corrected chi connectivity index (χ4v) is 2.72. The summed E-state index contributed by atoms with van der Waals surface area (Å²) in [5.41, 5.74) is 0.234. The predicted molar refractivity (Wildman–Crippen MR) is 81.1 cm³/mol. The first-order chi connectivity index (χ1) is 9.60. The molecule has 1 aliphatic carbocycles. The molecule has 1 aromatic rings. The number of nitrogens with one attached hydrogen (secondary N) is 1. The summed E-state index contributed by atoms with van der Waals surface area (Å²) >= 11 is 0. The maximum absolute atomic E-state index is 11.9. The summed E-state index contributed by atoms with van der Waals surface area (Å²) in [7, 11) is 1.96. The zero-order valence-electron chi connectivity index (χ0n) is 12.3. The Bertz CT molecular complexity index is 445. The van der Waals surface area contributed by atoms with Crippen molar-refractivity contribution in [2.75, 3.05) is 25.0 Å². The molecule has 1 unspecified atom stereocenters. The van der Waals surface area contributed by atoms with Crippen molar-refractivity contribution in [3.63, 3.8) is 0 Å². The van der Waals surface area contributed by atoms with E-state index in [0.717, 1.165) is 31.5 Å². The number of rotatable bonds is 8. The molecule has 0 spiro atoms. The molecule has 1 aromatic carbocycles. The third-order valence-corrected chi connectivity index (χ3v) is 4.03. The van der Waals surface area contributed by atoms with Crippen molar-refractivity contribution in [3.8, 4) is 0 Å². The average Bonchev–Trinajstić information content (AvgIpc) is 3.28. The maximum atomic E-state index is 11.9. The molecule has 0 saturated heterocycles. The number of carboxylic acids is 1. The van der Waals surface area contributed by atoms with Crippen LogP contribution >= 0.6 is 0 Å². The van der Waals surface area contributed by atoms with Gasteiger partial charge in [0.2, 0.25) is 0 Å². The molecule has 0 bridgehead atoms. The molecule has 0 aromatic heterocycles. The number of anilines is 1. The van der Waals surface area contributed by atoms with Gasteiger partial charge in [-0.3, -0.25) is 4.79 Å². The highest BCUT2D eigenvalue weighted by Crippen LogP contribution is 2.40. The number of benzene rings is 1. The Labute approximate surface area is 120 Å². The average molecular weight is 276 g/mol. The van der Waals surface area contributed by atoms with Gasteiger partial charge in [0.25, 0.3) is 0 Å². The van der Waals surface area contributed by atoms with Gasteiger partial charge in [0.1, 0.15) is 5.54 Å². The van der Waals surface area contributed by atoms with E-state index < -0.39 is 11.5 Å². The van der Waals surface area contributed by atoms with Gasteiger partial charge in [0.05, 0.1) is 0 Å². The van der Waals surface area contributed by atoms with E-state index >= 15 is 0 Å². The van der Waals surface area contributed by atoms with Crippen molar-refractivity contribution >= 4 is 11.7 Å². The summed E-state index contributed by atoms with van der Waals surface area (Å²) in [6.07, 6.45) is 2.95. The zero-order chi connectivity index (χ0) is 14.6. The van der Waals surface area contributed by atoms with Gasteiger partial charge in [-0.1, -0.05) is 25.1 Å². The minimum Gasteiger partial charge on any atom is -0.480 e. The fraction of sp³-hybridized carbons (Fsp3) is 0.562. The maximum Gasteiger partial charge on any atom is 0.326 e. The minimum absolute atomic E-state index is 0.248. The van der Waals surface area contributed by atoms with Crippen LogP contribution in [-0.4, -0.2) is 36.8 Å². The first-order valence-corrected chi connectivity index (χ1v) is 7.34. The zero-order valence-corrected chi connectivity index (χ0v) is 12.3. The third-order valence-electron chi connectivity index (χ3n) is 4.03. The SMILES string of the molecule is CCCNC(CN(C)c1ccccc1)(C(=O)O)C1CC1. The quantitative estimate of drug-likeness (QED) is 0.765. The molecule has 4 nitrogen and oxygen atoms in total. The molecule has 4 heteroatoms. The molecule has 0 radical (unpaired) electrons. The molecular formula is C16H24N2O2. The largest absolute Gasteiger partial charge is 0.480 e. The number of carbonyl (C=O) groups is 1. The number of carboxylic acid groups (broad SMARTS) is 1. The van der Waals surface area contributed by atoms with Crippen molar-refractivity contribution in [2.45, 2.75) is 31.7 Å². The van der Waals surface area contributed by atoms with E-state index in [1.807, 2.05) is 42.3 Å². The predicted octanol–water partition coefficient (Wildman–Crippen LogP) is 2.36. The molecular weight excluding hydrogens is 252 g/mol. The van der Waals surface area contributed by atoms with E-state index in [9.17, 15) is 9.90 Å². The van der Waals surface area contributed by atoms with Gasteiger partial charge in [0, 0.05) is 19.3 Å². The lowest BCUT2D eigenvalue weighted by Crippen LogP contribution is -2.60. The molecule has 2 N–H and O–H groups in total. The Morgan fingerprint density at radius 2 is 2.05 bits per heavy atom. The number of aliphatic carboxylic acids is 1. The van der Waals surface area contributed by atoms with Crippen LogP contribution in [0.25, 0.3) is 0 Å². The normalized spacial score (nSPS) is 17.5. The lowest BCUT2D eigenvalue weighted by molar-refractivity contribution is -0.145. The van der Waals surface area contributed by atoms with Crippen LogP contribution in [0.4, 0.5) is 5.69 Å². The van der Waals surface area contributed by atoms with Gasteiger partial charge < -0.3 is 15.3 Å². The fourth-order valence-electron chi connectivity index (χ4n) is 2.72. The summed E-state index contributed by atoms with van der Waals surface area (Å²) in [6.45, 7) is 3.30. The standard InChI is InChI=1S/C16H24N2O2/c1-3-11-17-16(15(19)20,13-9-10-13)12-18(2)14-7-5-4-6-8-14/h4-8,13,17H,3,9-12H2,1-2H3,(H,19,20). The lowest BCUT2D eigenvalue weighted by Gasteiger charge is -2.35. The summed E-state index contributed by atoms with van der Waals surface area (Å²) in [4.78, 5) is 13.9. The summed E-state index contributed by atoms with van der Waals surface area (Å²) in [6, 6.07) is 9.95. The first kappa shape index (κ1) is 14.9. The summed E-state index contributed by atoms with van der Waals surface area (Å²) in [5.74, 6) is -0.478. The molecule has 1 atom stereocenters. The number of nitrogens with zero attached hydrogens (tertiary/aromatic N) is 1. The van der Waals surface area contributed by atoms with Crippen LogP contribution in [0.5, 0.6) is 0 Å². The number of hydrogen-bond acceptors (Lipinski definition) is 3. The van der Waals surface area contributed by atoms with Crippen molar-refractivity contribution in [1.82, 2.24) is 5.32 Å². The molecule has 0 aliphatic heterocycles. The van der Waals surface area contributed by atoms with Crippen LogP contribution in [0.3, 0.4) is 0 Å². The highest BCUT2D eigenvalue weighted by atomic mass is 16.4. The smallest absolute Gasteiger partial charge is 0.326 e. The first-order valence-electron chi connectivity index (χ1n) is 7.34. The second-order valence-corrected chi connectivity index (χ2v) is 5.67. The number of hydrogen-bond donors (Lipinski definition) is 2. The number of para-hydroxylation sites is 1. The topological polar surface area (TPSA) is 52.6 Å². The highest BCUT2D eigenvalue weighted by Gasteiger charge is 2.51. The summed E-state index contributed by atoms with van der Waals surface area (Å²) in [5, 5.41) is 13.1. The summed E-state index contributed by atoms with van der Waals surface area (Å²) < 4.78 is 0. The highest BCUT2D eigenvalue weighted by molar-refractivity contribution is 5.81. The molecule has 0 amide bonds. The molecule has 2 rings (SSSR count). The van der Waals surface area contributed by atoms with Crippen molar-refractivity contribution in [3.05, 3.63) is 30.3 Å². The van der Waals surface area contributed by atoms with Crippen LogP contribution in [0.15, 0.2) is 30.3 Å². The van der Waals surface area contributed by atoms with Gasteiger partial charge in [-0.05, 0) is 43.9 Å².